The van der Waals surface area contributed by atoms with Crippen LogP contribution >= 0.6 is 0 Å². The van der Waals surface area contributed by atoms with E-state index in [2.05, 4.69) is 60.9 Å². The Labute approximate surface area is 229 Å². The van der Waals surface area contributed by atoms with Gasteiger partial charge in [-0.05, 0) is 22.3 Å². The van der Waals surface area contributed by atoms with Crippen molar-refractivity contribution in [2.45, 2.75) is 56.8 Å². The number of benzene rings is 2. The van der Waals surface area contributed by atoms with Crippen LogP contribution in [0.4, 0.5) is 5.82 Å². The monoisotopic (exact) mass is 542 g/mol. The topological polar surface area (TPSA) is 116 Å². The number of aliphatic hydroxyl groups is 2. The van der Waals surface area contributed by atoms with Crippen LogP contribution in [0.25, 0.3) is 11.0 Å². The lowest BCUT2D eigenvalue weighted by Gasteiger charge is -2.43. The molecule has 1 fully saturated rings. The minimum atomic E-state index is -2.89. The summed E-state index contributed by atoms with van der Waals surface area (Å²) in [5.41, 5.74) is 5.31. The van der Waals surface area contributed by atoms with Crippen molar-refractivity contribution >= 4 is 35.5 Å². The van der Waals surface area contributed by atoms with Gasteiger partial charge in [-0.3, -0.25) is 0 Å². The molecule has 0 aliphatic carbocycles. The van der Waals surface area contributed by atoms with Crippen LogP contribution in [0.15, 0.2) is 73.2 Å². The third-order valence-corrected chi connectivity index (χ3v) is 12.7. The number of aliphatic hydroxyl groups excluding tert-OH is 1. The van der Waals surface area contributed by atoms with E-state index < -0.39 is 32.4 Å². The fourth-order valence-electron chi connectivity index (χ4n) is 5.74. The number of nitrogen functional groups attached to an aromatic ring is 1. The SMILES string of the molecule is C#Cc1cn(C2OC(CO[Si](c3ccccc3)(c3ccccc3)C(C)(C)C)C(O)C2(C)O)c2ncnc(N)c12. The van der Waals surface area contributed by atoms with Crippen molar-refractivity contribution in [3.8, 4) is 12.3 Å². The lowest BCUT2D eigenvalue weighted by molar-refractivity contribution is -0.0946. The van der Waals surface area contributed by atoms with Crippen LogP contribution in [0.1, 0.15) is 39.5 Å². The van der Waals surface area contributed by atoms with Crippen LogP contribution in [-0.4, -0.2) is 57.5 Å². The summed E-state index contributed by atoms with van der Waals surface area (Å²) in [6.45, 7) is 8.15. The average Bonchev–Trinajstić information content (AvgIpc) is 3.40. The minimum Gasteiger partial charge on any atom is -0.405 e. The maximum absolute atomic E-state index is 11.5. The van der Waals surface area contributed by atoms with E-state index in [1.807, 2.05) is 36.4 Å². The second-order valence-corrected chi connectivity index (χ2v) is 15.5. The molecule has 0 radical (unpaired) electrons. The van der Waals surface area contributed by atoms with Crippen molar-refractivity contribution in [2.24, 2.45) is 0 Å². The van der Waals surface area contributed by atoms with Crippen molar-refractivity contribution in [2.75, 3.05) is 12.3 Å². The molecule has 0 saturated carbocycles. The van der Waals surface area contributed by atoms with Gasteiger partial charge in [0.15, 0.2) is 6.23 Å². The molecule has 4 aromatic rings. The maximum atomic E-state index is 11.5. The van der Waals surface area contributed by atoms with E-state index in [0.29, 0.717) is 16.6 Å². The highest BCUT2D eigenvalue weighted by atomic mass is 28.4. The first kappa shape index (κ1) is 27.1. The highest BCUT2D eigenvalue weighted by Crippen LogP contribution is 2.42. The molecule has 0 amide bonds. The molecule has 0 bridgehead atoms. The Balaban J connectivity index is 1.53. The fraction of sp³-hybridized carbons (Fsp3) is 0.333. The predicted octanol–water partition coefficient (Wildman–Crippen LogP) is 2.58. The number of ether oxygens (including phenoxy) is 1. The van der Waals surface area contributed by atoms with Crippen LogP contribution in [0.5, 0.6) is 0 Å². The van der Waals surface area contributed by atoms with Gasteiger partial charge in [0.2, 0.25) is 0 Å². The molecule has 1 saturated heterocycles. The van der Waals surface area contributed by atoms with Crippen LogP contribution in [-0.2, 0) is 9.16 Å². The van der Waals surface area contributed by atoms with E-state index in [9.17, 15) is 10.2 Å². The predicted molar refractivity (Wildman–Crippen MR) is 154 cm³/mol. The second kappa shape index (κ2) is 9.90. The maximum Gasteiger partial charge on any atom is 0.261 e. The van der Waals surface area contributed by atoms with E-state index in [4.69, 9.17) is 21.3 Å². The van der Waals surface area contributed by atoms with Crippen molar-refractivity contribution in [1.29, 1.82) is 0 Å². The first-order valence-corrected chi connectivity index (χ1v) is 14.8. The Bertz CT molecular complexity index is 1470. The summed E-state index contributed by atoms with van der Waals surface area (Å²) in [7, 11) is -2.89. The fourth-order valence-corrected chi connectivity index (χ4v) is 10.3. The summed E-state index contributed by atoms with van der Waals surface area (Å²) < 4.78 is 15.0. The zero-order valence-corrected chi connectivity index (χ0v) is 23.6. The van der Waals surface area contributed by atoms with Gasteiger partial charge >= 0.3 is 0 Å². The molecule has 4 atom stereocenters. The number of fused-ring (bicyclic) bond motifs is 1. The summed E-state index contributed by atoms with van der Waals surface area (Å²) in [5, 5.41) is 25.3. The number of nitrogens with two attached hydrogens (primary N) is 1. The van der Waals surface area contributed by atoms with Gasteiger partial charge in [0.25, 0.3) is 8.32 Å². The van der Waals surface area contributed by atoms with Crippen molar-refractivity contribution < 1.29 is 19.4 Å². The number of hydrogen-bond donors (Lipinski definition) is 3. The van der Waals surface area contributed by atoms with Gasteiger partial charge in [-0.1, -0.05) is 87.4 Å². The molecule has 3 heterocycles. The van der Waals surface area contributed by atoms with E-state index >= 15 is 0 Å². The average molecular weight is 543 g/mol. The number of anilines is 1. The molecule has 39 heavy (non-hydrogen) atoms. The molecule has 1 aliphatic heterocycles. The summed E-state index contributed by atoms with van der Waals surface area (Å²) in [4.78, 5) is 8.40. The molecule has 202 valence electrons. The molecule has 8 nitrogen and oxygen atoms in total. The standard InChI is InChI=1S/C30H34N4O4Si/c1-6-20-17-34(27-24(20)26(31)32-19-33-27)28-30(5,36)25(35)23(38-28)18-37-39(29(2,3)4,21-13-9-7-10-14-21)22-15-11-8-12-16-22/h1,7-17,19,23,25,28,35-36H,18H2,2-5H3,(H2,31,32,33). The van der Waals surface area contributed by atoms with Crippen LogP contribution in [0, 0.1) is 12.3 Å². The van der Waals surface area contributed by atoms with Gasteiger partial charge in [0.1, 0.15) is 35.6 Å². The van der Waals surface area contributed by atoms with Crippen molar-refractivity contribution in [3.63, 3.8) is 0 Å². The molecule has 2 aromatic carbocycles. The lowest BCUT2D eigenvalue weighted by atomic mass is 9.96. The second-order valence-electron chi connectivity index (χ2n) is 11.2. The first-order chi connectivity index (χ1) is 18.5. The Kier molecular flexibility index (Phi) is 6.87. The summed E-state index contributed by atoms with van der Waals surface area (Å²) >= 11 is 0. The smallest absolute Gasteiger partial charge is 0.261 e. The number of terminal acetylenes is 1. The molecule has 5 rings (SSSR count). The Morgan fingerprint density at radius 3 is 2.23 bits per heavy atom. The molecule has 9 heteroatoms. The van der Waals surface area contributed by atoms with Crippen molar-refractivity contribution in [1.82, 2.24) is 14.5 Å². The third-order valence-electron chi connectivity index (χ3n) is 7.68. The third kappa shape index (κ3) is 4.35. The molecule has 0 spiro atoms. The van der Waals surface area contributed by atoms with E-state index in [0.717, 1.165) is 10.4 Å². The first-order valence-electron chi connectivity index (χ1n) is 12.9. The molecule has 4 unspecified atom stereocenters. The van der Waals surface area contributed by atoms with Crippen LogP contribution in [0.2, 0.25) is 5.04 Å². The van der Waals surface area contributed by atoms with Gasteiger partial charge in [-0.25, -0.2) is 9.97 Å². The van der Waals surface area contributed by atoms with Crippen LogP contribution < -0.4 is 16.1 Å². The zero-order valence-electron chi connectivity index (χ0n) is 22.6. The van der Waals surface area contributed by atoms with Gasteiger partial charge in [0.05, 0.1) is 17.6 Å². The van der Waals surface area contributed by atoms with E-state index in [-0.39, 0.29) is 17.5 Å². The van der Waals surface area contributed by atoms with E-state index in [1.54, 1.807) is 10.8 Å². The molecule has 1 aliphatic rings. The largest absolute Gasteiger partial charge is 0.405 e. The molecular weight excluding hydrogens is 508 g/mol. The van der Waals surface area contributed by atoms with Gasteiger partial charge in [-0.15, -0.1) is 6.42 Å². The van der Waals surface area contributed by atoms with Gasteiger partial charge < -0.3 is 29.7 Å². The van der Waals surface area contributed by atoms with E-state index in [1.165, 1.54) is 13.3 Å². The Hall–Kier alpha value is -3.52. The Morgan fingerprint density at radius 1 is 1.10 bits per heavy atom. The number of rotatable bonds is 6. The summed E-state index contributed by atoms with van der Waals surface area (Å²) in [6, 6.07) is 20.5. The van der Waals surface area contributed by atoms with Gasteiger partial charge in [-0.2, -0.15) is 0 Å². The van der Waals surface area contributed by atoms with Crippen molar-refractivity contribution in [3.05, 3.63) is 78.8 Å². The highest BCUT2D eigenvalue weighted by Gasteiger charge is 2.56. The number of hydrogen-bond acceptors (Lipinski definition) is 7. The van der Waals surface area contributed by atoms with Crippen LogP contribution in [0.3, 0.4) is 0 Å². The quantitative estimate of drug-likeness (QED) is 0.253. The zero-order chi connectivity index (χ0) is 28.0. The molecule has 2 aromatic heterocycles. The number of aromatic nitrogens is 3. The highest BCUT2D eigenvalue weighted by molar-refractivity contribution is 6.99. The number of nitrogens with zero attached hydrogens (tertiary/aromatic N) is 3. The normalized spacial score (nSPS) is 23.7. The summed E-state index contributed by atoms with van der Waals surface area (Å²) in [5.74, 6) is 2.84. The molecular formula is C30H34N4O4Si. The van der Waals surface area contributed by atoms with Gasteiger partial charge in [0, 0.05) is 6.20 Å². The minimum absolute atomic E-state index is 0.0689. The lowest BCUT2D eigenvalue weighted by Crippen LogP contribution is -2.67. The summed E-state index contributed by atoms with van der Waals surface area (Å²) in [6.07, 6.45) is 5.65. The Morgan fingerprint density at radius 2 is 1.69 bits per heavy atom. The molecule has 4 N–H and O–H groups in total.